The second-order valence-electron chi connectivity index (χ2n) is 6.35. The van der Waals surface area contributed by atoms with Gasteiger partial charge in [-0.15, -0.1) is 0 Å². The lowest BCUT2D eigenvalue weighted by Gasteiger charge is -2.28. The minimum absolute atomic E-state index is 0.0618. The third-order valence-electron chi connectivity index (χ3n) is 4.42. The van der Waals surface area contributed by atoms with Crippen molar-refractivity contribution in [3.63, 3.8) is 0 Å². The lowest BCUT2D eigenvalue weighted by Crippen LogP contribution is -2.47. The fourth-order valence-electron chi connectivity index (χ4n) is 2.76. The Balaban J connectivity index is 1.59. The van der Waals surface area contributed by atoms with Crippen LogP contribution in [0.2, 0.25) is 0 Å². The average Bonchev–Trinajstić information content (AvgIpc) is 2.64. The van der Waals surface area contributed by atoms with Gasteiger partial charge in [0.25, 0.3) is 5.91 Å². The molecule has 1 atom stereocenters. The molecule has 0 aromatic heterocycles. The average molecular weight is 354 g/mol. The van der Waals surface area contributed by atoms with Gasteiger partial charge in [0.2, 0.25) is 12.0 Å². The zero-order valence-corrected chi connectivity index (χ0v) is 15.1. The number of hydrogen-bond donors (Lipinski definition) is 1. The molecule has 0 bridgehead atoms. The number of likely N-dealkylation sites (N-methyl/N-ethyl adjacent to an activating group) is 1. The number of carbonyl (C=O) groups is 2. The Morgan fingerprint density at radius 2 is 1.85 bits per heavy atom. The molecule has 136 valence electrons. The summed E-state index contributed by atoms with van der Waals surface area (Å²) in [5.74, 6) is 0.597. The molecule has 0 aliphatic carbocycles. The Bertz CT molecular complexity index is 834. The van der Waals surface area contributed by atoms with Gasteiger partial charge in [-0.1, -0.05) is 24.3 Å². The van der Waals surface area contributed by atoms with Gasteiger partial charge in [0.15, 0.2) is 11.5 Å². The Morgan fingerprint density at radius 1 is 1.12 bits per heavy atom. The van der Waals surface area contributed by atoms with Crippen molar-refractivity contribution in [3.8, 4) is 11.5 Å². The Kier molecular flexibility index (Phi) is 5.11. The topological polar surface area (TPSA) is 67.9 Å². The summed E-state index contributed by atoms with van der Waals surface area (Å²) in [6.45, 7) is 4.00. The van der Waals surface area contributed by atoms with Gasteiger partial charge < -0.3 is 19.7 Å². The molecule has 1 aliphatic heterocycles. The number of hydrogen-bond acceptors (Lipinski definition) is 4. The van der Waals surface area contributed by atoms with Crippen LogP contribution in [-0.2, 0) is 9.59 Å². The number of aryl methyl sites for hydroxylation is 1. The van der Waals surface area contributed by atoms with Crippen LogP contribution in [-0.4, -0.2) is 43.0 Å². The molecule has 1 heterocycles. The number of carbonyl (C=O) groups excluding carboxylic acids is 2. The summed E-state index contributed by atoms with van der Waals surface area (Å²) >= 11 is 0. The Morgan fingerprint density at radius 3 is 2.62 bits per heavy atom. The molecular formula is C20H22N2O4. The van der Waals surface area contributed by atoms with E-state index in [1.165, 1.54) is 4.90 Å². The first-order chi connectivity index (χ1) is 12.5. The largest absolute Gasteiger partial charge is 0.485 e. The van der Waals surface area contributed by atoms with Crippen molar-refractivity contribution in [2.45, 2.75) is 20.0 Å². The number of nitrogens with zero attached hydrogens (tertiary/aromatic N) is 1. The van der Waals surface area contributed by atoms with E-state index in [4.69, 9.17) is 9.47 Å². The van der Waals surface area contributed by atoms with Crippen LogP contribution in [0.1, 0.15) is 11.1 Å². The van der Waals surface area contributed by atoms with E-state index in [9.17, 15) is 9.59 Å². The predicted octanol–water partition coefficient (Wildman–Crippen LogP) is 2.54. The molecular weight excluding hydrogens is 332 g/mol. The molecule has 0 fully saturated rings. The molecule has 2 amide bonds. The lowest BCUT2D eigenvalue weighted by atomic mass is 10.1. The highest BCUT2D eigenvalue weighted by Crippen LogP contribution is 2.31. The van der Waals surface area contributed by atoms with Crippen LogP contribution in [0, 0.1) is 13.8 Å². The summed E-state index contributed by atoms with van der Waals surface area (Å²) in [7, 11) is 1.58. The molecule has 1 aliphatic rings. The molecule has 6 heteroatoms. The first-order valence-corrected chi connectivity index (χ1v) is 8.45. The van der Waals surface area contributed by atoms with Crippen LogP contribution in [0.5, 0.6) is 11.5 Å². The van der Waals surface area contributed by atoms with Gasteiger partial charge in [-0.05, 0) is 43.2 Å². The zero-order chi connectivity index (χ0) is 18.7. The molecule has 0 saturated carbocycles. The van der Waals surface area contributed by atoms with Crippen molar-refractivity contribution < 1.29 is 19.1 Å². The van der Waals surface area contributed by atoms with Crippen LogP contribution in [0.4, 0.5) is 5.69 Å². The number of benzene rings is 2. The van der Waals surface area contributed by atoms with Gasteiger partial charge in [-0.2, -0.15) is 0 Å². The molecule has 1 N–H and O–H groups in total. The van der Waals surface area contributed by atoms with Crippen molar-refractivity contribution in [2.24, 2.45) is 0 Å². The molecule has 2 aromatic carbocycles. The van der Waals surface area contributed by atoms with Crippen molar-refractivity contribution >= 4 is 17.5 Å². The molecule has 0 spiro atoms. The number of para-hydroxylation sites is 2. The standard InChI is InChI=1S/C20H22N2O4/c1-13-7-6-8-15(14(13)2)21-19(23)11-22(3)20(24)18-12-25-16-9-4-5-10-17(16)26-18/h4-10,18H,11-12H2,1-3H3,(H,21,23)/t18-/m1/s1. The molecule has 2 aromatic rings. The van der Waals surface area contributed by atoms with Gasteiger partial charge in [-0.3, -0.25) is 9.59 Å². The van der Waals surface area contributed by atoms with E-state index in [-0.39, 0.29) is 25.0 Å². The molecule has 26 heavy (non-hydrogen) atoms. The maximum absolute atomic E-state index is 12.6. The van der Waals surface area contributed by atoms with Gasteiger partial charge in [0.1, 0.15) is 6.61 Å². The third-order valence-corrected chi connectivity index (χ3v) is 4.42. The number of fused-ring (bicyclic) bond motifs is 1. The van der Waals surface area contributed by atoms with E-state index in [0.717, 1.165) is 16.8 Å². The molecule has 3 rings (SSSR count). The minimum atomic E-state index is -0.761. The van der Waals surface area contributed by atoms with E-state index in [1.807, 2.05) is 44.2 Å². The molecule has 0 saturated heterocycles. The normalized spacial score (nSPS) is 15.3. The number of anilines is 1. The third kappa shape index (κ3) is 3.79. The van der Waals surface area contributed by atoms with E-state index < -0.39 is 6.10 Å². The molecule has 0 radical (unpaired) electrons. The summed E-state index contributed by atoms with van der Waals surface area (Å²) in [6, 6.07) is 12.9. The Labute approximate surface area is 152 Å². The second-order valence-corrected chi connectivity index (χ2v) is 6.35. The van der Waals surface area contributed by atoms with Crippen molar-refractivity contribution in [3.05, 3.63) is 53.6 Å². The lowest BCUT2D eigenvalue weighted by molar-refractivity contribution is -0.141. The quantitative estimate of drug-likeness (QED) is 0.916. The van der Waals surface area contributed by atoms with Crippen molar-refractivity contribution in [2.75, 3.05) is 25.5 Å². The first kappa shape index (κ1) is 17.8. The second kappa shape index (κ2) is 7.47. The van der Waals surface area contributed by atoms with Crippen LogP contribution in [0.15, 0.2) is 42.5 Å². The van der Waals surface area contributed by atoms with Gasteiger partial charge in [0.05, 0.1) is 6.54 Å². The van der Waals surface area contributed by atoms with E-state index in [1.54, 1.807) is 19.2 Å². The van der Waals surface area contributed by atoms with Crippen molar-refractivity contribution in [1.29, 1.82) is 0 Å². The SMILES string of the molecule is Cc1cccc(NC(=O)CN(C)C(=O)[C@H]2COc3ccccc3O2)c1C. The number of ether oxygens (including phenoxy) is 2. The van der Waals surface area contributed by atoms with Gasteiger partial charge in [-0.25, -0.2) is 0 Å². The number of amides is 2. The van der Waals surface area contributed by atoms with Gasteiger partial charge >= 0.3 is 0 Å². The number of rotatable bonds is 4. The van der Waals surface area contributed by atoms with Crippen molar-refractivity contribution in [1.82, 2.24) is 4.90 Å². The maximum atomic E-state index is 12.6. The summed E-state index contributed by atoms with van der Waals surface area (Å²) in [4.78, 5) is 26.2. The highest BCUT2D eigenvalue weighted by molar-refractivity contribution is 5.95. The fraction of sp³-hybridized carbons (Fsp3) is 0.300. The van der Waals surface area contributed by atoms with Crippen LogP contribution >= 0.6 is 0 Å². The zero-order valence-electron chi connectivity index (χ0n) is 15.1. The maximum Gasteiger partial charge on any atom is 0.267 e. The highest BCUT2D eigenvalue weighted by Gasteiger charge is 2.30. The fourth-order valence-corrected chi connectivity index (χ4v) is 2.76. The van der Waals surface area contributed by atoms with Crippen LogP contribution in [0.3, 0.4) is 0 Å². The smallest absolute Gasteiger partial charge is 0.267 e. The van der Waals surface area contributed by atoms with E-state index in [0.29, 0.717) is 11.5 Å². The van der Waals surface area contributed by atoms with E-state index >= 15 is 0 Å². The number of nitrogens with one attached hydrogen (secondary N) is 1. The summed E-state index contributed by atoms with van der Waals surface area (Å²) < 4.78 is 11.3. The van der Waals surface area contributed by atoms with Gasteiger partial charge in [0, 0.05) is 12.7 Å². The monoisotopic (exact) mass is 354 g/mol. The molecule has 0 unspecified atom stereocenters. The predicted molar refractivity (Wildman–Crippen MR) is 98.5 cm³/mol. The molecule has 6 nitrogen and oxygen atoms in total. The Hall–Kier alpha value is -3.02. The van der Waals surface area contributed by atoms with E-state index in [2.05, 4.69) is 5.32 Å². The van der Waals surface area contributed by atoms with Crippen LogP contribution in [0.25, 0.3) is 0 Å². The summed E-state index contributed by atoms with van der Waals surface area (Å²) in [5.41, 5.74) is 2.86. The summed E-state index contributed by atoms with van der Waals surface area (Å²) in [5, 5.41) is 2.85. The first-order valence-electron chi connectivity index (χ1n) is 8.45. The summed E-state index contributed by atoms with van der Waals surface area (Å²) in [6.07, 6.45) is -0.761. The highest BCUT2D eigenvalue weighted by atomic mass is 16.6. The minimum Gasteiger partial charge on any atom is -0.485 e. The van der Waals surface area contributed by atoms with Crippen LogP contribution < -0.4 is 14.8 Å².